The predicted octanol–water partition coefficient (Wildman–Crippen LogP) is 2.36. The number of hydrogen-bond donors (Lipinski definition) is 1. The van der Waals surface area contributed by atoms with E-state index in [1.807, 2.05) is 19.1 Å². The molecule has 2 rings (SSSR count). The molecule has 3 nitrogen and oxygen atoms in total. The first-order chi connectivity index (χ1) is 8.02. The number of rotatable bonds is 4. The van der Waals surface area contributed by atoms with Gasteiger partial charge in [-0.15, -0.1) is 0 Å². The second-order valence-corrected chi connectivity index (χ2v) is 4.88. The predicted molar refractivity (Wildman–Crippen MR) is 65.5 cm³/mol. The van der Waals surface area contributed by atoms with Crippen molar-refractivity contribution in [3.05, 3.63) is 29.3 Å². The molecule has 0 saturated carbocycles. The zero-order valence-electron chi connectivity index (χ0n) is 10.3. The highest BCUT2D eigenvalue weighted by atomic mass is 16.5. The van der Waals surface area contributed by atoms with E-state index >= 15 is 0 Å². The molecule has 0 radical (unpaired) electrons. The topological polar surface area (TPSA) is 46.5 Å². The maximum atomic E-state index is 11.5. The van der Waals surface area contributed by atoms with E-state index in [9.17, 15) is 9.90 Å². The number of hydrogen-bond acceptors (Lipinski definition) is 3. The number of aliphatic hydroxyl groups is 1. The lowest BCUT2D eigenvalue weighted by atomic mass is 10.1. The number of fused-ring (bicyclic) bond motifs is 1. The maximum absolute atomic E-state index is 11.5. The van der Waals surface area contributed by atoms with E-state index in [4.69, 9.17) is 4.74 Å². The van der Waals surface area contributed by atoms with Crippen molar-refractivity contribution in [2.24, 2.45) is 0 Å². The summed E-state index contributed by atoms with van der Waals surface area (Å²) in [5.74, 6) is 0.944. The number of Topliss-reactive ketones (excluding diaryl/α,β-unsaturated/α-hetero) is 1. The zero-order chi connectivity index (χ0) is 12.5. The molecule has 0 aliphatic heterocycles. The quantitative estimate of drug-likeness (QED) is 0.869. The fraction of sp³-hybridized carbons (Fsp3) is 0.500. The maximum Gasteiger partial charge on any atom is 0.163 e. The van der Waals surface area contributed by atoms with Crippen LogP contribution in [-0.4, -0.2) is 23.1 Å². The van der Waals surface area contributed by atoms with Crippen LogP contribution in [0.15, 0.2) is 18.2 Å². The Morgan fingerprint density at radius 3 is 2.88 bits per heavy atom. The van der Waals surface area contributed by atoms with Gasteiger partial charge in [-0.25, -0.2) is 0 Å². The summed E-state index contributed by atoms with van der Waals surface area (Å²) in [4.78, 5) is 11.5. The van der Waals surface area contributed by atoms with Crippen LogP contribution in [0.4, 0.5) is 0 Å². The van der Waals surface area contributed by atoms with Crippen LogP contribution in [0.5, 0.6) is 5.75 Å². The molecule has 1 aromatic rings. The van der Waals surface area contributed by atoms with Crippen molar-refractivity contribution in [2.45, 2.75) is 38.7 Å². The number of benzene rings is 1. The lowest BCUT2D eigenvalue weighted by Crippen LogP contribution is -2.31. The molecule has 1 aliphatic carbocycles. The molecule has 0 bridgehead atoms. The number of ketones is 1. The molecule has 3 heteroatoms. The molecule has 1 aromatic carbocycles. The van der Waals surface area contributed by atoms with Crippen molar-refractivity contribution in [3.63, 3.8) is 0 Å². The van der Waals surface area contributed by atoms with Gasteiger partial charge in [-0.05, 0) is 43.5 Å². The monoisotopic (exact) mass is 234 g/mol. The van der Waals surface area contributed by atoms with Crippen molar-refractivity contribution in [3.8, 4) is 5.75 Å². The molecule has 17 heavy (non-hydrogen) atoms. The molecule has 0 amide bonds. The molecule has 92 valence electrons. The highest BCUT2D eigenvalue weighted by Crippen LogP contribution is 2.26. The van der Waals surface area contributed by atoms with E-state index in [2.05, 4.69) is 0 Å². The van der Waals surface area contributed by atoms with E-state index in [-0.39, 0.29) is 12.4 Å². The van der Waals surface area contributed by atoms with Crippen molar-refractivity contribution in [1.82, 2.24) is 0 Å². The molecule has 1 N–H and O–H groups in total. The first kappa shape index (κ1) is 12.1. The third-order valence-electron chi connectivity index (χ3n) is 3.31. The van der Waals surface area contributed by atoms with Gasteiger partial charge < -0.3 is 9.84 Å². The minimum absolute atomic E-state index is 0.215. The largest absolute Gasteiger partial charge is 0.491 e. The highest BCUT2D eigenvalue weighted by Gasteiger charge is 2.21. The van der Waals surface area contributed by atoms with Gasteiger partial charge in [-0.2, -0.15) is 0 Å². The van der Waals surface area contributed by atoms with E-state index in [1.54, 1.807) is 13.0 Å². The Hall–Kier alpha value is -1.35. The number of ether oxygens (including phenoxy) is 1. The normalized spacial score (nSPS) is 17.7. The Labute approximate surface area is 101 Å². The van der Waals surface area contributed by atoms with Crippen molar-refractivity contribution in [1.29, 1.82) is 0 Å². The fourth-order valence-electron chi connectivity index (χ4n) is 1.86. The van der Waals surface area contributed by atoms with Gasteiger partial charge in [0.25, 0.3) is 0 Å². The average molecular weight is 234 g/mol. The SMILES string of the molecule is CCC(C)(O)COc1ccc2c(c1)CCC2=O. The molecule has 1 atom stereocenters. The van der Waals surface area contributed by atoms with Crippen LogP contribution in [0.2, 0.25) is 0 Å². The van der Waals surface area contributed by atoms with Crippen LogP contribution < -0.4 is 4.74 Å². The van der Waals surface area contributed by atoms with Gasteiger partial charge in [0, 0.05) is 12.0 Å². The van der Waals surface area contributed by atoms with Crippen LogP contribution in [0, 0.1) is 0 Å². The molecular weight excluding hydrogens is 216 g/mol. The van der Waals surface area contributed by atoms with Gasteiger partial charge in [0.05, 0.1) is 5.60 Å². The van der Waals surface area contributed by atoms with Crippen molar-refractivity contribution >= 4 is 5.78 Å². The van der Waals surface area contributed by atoms with E-state index in [0.29, 0.717) is 12.8 Å². The van der Waals surface area contributed by atoms with Crippen LogP contribution in [0.1, 0.15) is 42.6 Å². The summed E-state index contributed by atoms with van der Waals surface area (Å²) in [6, 6.07) is 5.53. The Morgan fingerprint density at radius 1 is 1.41 bits per heavy atom. The van der Waals surface area contributed by atoms with Crippen molar-refractivity contribution in [2.75, 3.05) is 6.61 Å². The number of aryl methyl sites for hydroxylation is 1. The standard InChI is InChI=1S/C14H18O3/c1-3-14(2,16)9-17-11-5-6-12-10(8-11)4-7-13(12)15/h5-6,8,16H,3-4,7,9H2,1-2H3. The Morgan fingerprint density at radius 2 is 2.18 bits per heavy atom. The summed E-state index contributed by atoms with van der Waals surface area (Å²) in [5.41, 5.74) is 1.08. The Kier molecular flexibility index (Phi) is 3.20. The second-order valence-electron chi connectivity index (χ2n) is 4.88. The minimum atomic E-state index is -0.797. The molecule has 0 fully saturated rings. The molecule has 0 spiro atoms. The number of carbonyl (C=O) groups excluding carboxylic acids is 1. The molecule has 1 aliphatic rings. The molecule has 0 aromatic heterocycles. The van der Waals surface area contributed by atoms with Gasteiger partial charge >= 0.3 is 0 Å². The molecule has 0 heterocycles. The Balaban J connectivity index is 2.07. The lowest BCUT2D eigenvalue weighted by Gasteiger charge is -2.21. The summed E-state index contributed by atoms with van der Waals surface area (Å²) in [6.45, 7) is 3.95. The van der Waals surface area contributed by atoms with Gasteiger partial charge in [0.15, 0.2) is 5.78 Å². The highest BCUT2D eigenvalue weighted by molar-refractivity contribution is 6.00. The first-order valence-electron chi connectivity index (χ1n) is 6.03. The third kappa shape index (κ3) is 2.67. The fourth-order valence-corrected chi connectivity index (χ4v) is 1.86. The van der Waals surface area contributed by atoms with Crippen LogP contribution >= 0.6 is 0 Å². The lowest BCUT2D eigenvalue weighted by molar-refractivity contribution is 0.00844. The van der Waals surface area contributed by atoms with Crippen LogP contribution in [-0.2, 0) is 6.42 Å². The number of carbonyl (C=O) groups is 1. The van der Waals surface area contributed by atoms with E-state index in [0.717, 1.165) is 23.3 Å². The summed E-state index contributed by atoms with van der Waals surface area (Å²) >= 11 is 0. The van der Waals surface area contributed by atoms with Gasteiger partial charge in [0.1, 0.15) is 12.4 Å². The summed E-state index contributed by atoms with van der Waals surface area (Å²) in [5, 5.41) is 9.84. The van der Waals surface area contributed by atoms with Crippen LogP contribution in [0.25, 0.3) is 0 Å². The Bertz CT molecular complexity index is 435. The van der Waals surface area contributed by atoms with E-state index in [1.165, 1.54) is 0 Å². The van der Waals surface area contributed by atoms with Gasteiger partial charge in [0.2, 0.25) is 0 Å². The van der Waals surface area contributed by atoms with Crippen molar-refractivity contribution < 1.29 is 14.6 Å². The summed E-state index contributed by atoms with van der Waals surface area (Å²) < 4.78 is 5.56. The minimum Gasteiger partial charge on any atom is -0.491 e. The molecule has 1 unspecified atom stereocenters. The first-order valence-corrected chi connectivity index (χ1v) is 6.03. The average Bonchev–Trinajstić information content (AvgIpc) is 2.68. The second kappa shape index (κ2) is 4.49. The van der Waals surface area contributed by atoms with Gasteiger partial charge in [-0.1, -0.05) is 6.92 Å². The third-order valence-corrected chi connectivity index (χ3v) is 3.31. The summed E-state index contributed by atoms with van der Waals surface area (Å²) in [7, 11) is 0. The van der Waals surface area contributed by atoms with Crippen LogP contribution in [0.3, 0.4) is 0 Å². The van der Waals surface area contributed by atoms with E-state index < -0.39 is 5.60 Å². The smallest absolute Gasteiger partial charge is 0.163 e. The van der Waals surface area contributed by atoms with Gasteiger partial charge in [-0.3, -0.25) is 4.79 Å². The summed E-state index contributed by atoms with van der Waals surface area (Å²) in [6.07, 6.45) is 2.05. The molecule has 0 saturated heterocycles. The zero-order valence-corrected chi connectivity index (χ0v) is 10.3. The molecular formula is C14H18O3.